The number of sulfonamides is 1. The van der Waals surface area contributed by atoms with Crippen LogP contribution in [0.1, 0.15) is 46.1 Å². The SMILES string of the molecule is C=CC(=O)N1CCC(n2ncc3c(N4C[C@@H](C)N(C)[C@@H](C)C4)cc(S(=O)(=O)NC4(C)CC4)cc32)C1. The topological polar surface area (TPSA) is 90.8 Å². The van der Waals surface area contributed by atoms with Crippen LogP contribution in [-0.2, 0) is 14.8 Å². The van der Waals surface area contributed by atoms with Crippen molar-refractivity contribution < 1.29 is 13.2 Å². The molecule has 1 aromatic heterocycles. The monoisotopic (exact) mass is 500 g/mol. The number of carbonyl (C=O) groups excluding carboxylic acids is 1. The minimum Gasteiger partial charge on any atom is -0.368 e. The van der Waals surface area contributed by atoms with Gasteiger partial charge in [0.05, 0.1) is 22.7 Å². The van der Waals surface area contributed by atoms with Crippen LogP contribution in [0, 0.1) is 0 Å². The van der Waals surface area contributed by atoms with Crippen LogP contribution in [0.15, 0.2) is 35.9 Å². The van der Waals surface area contributed by atoms with E-state index in [2.05, 4.69) is 42.0 Å². The minimum absolute atomic E-state index is 0.0125. The summed E-state index contributed by atoms with van der Waals surface area (Å²) in [6, 6.07) is 4.22. The molecule has 35 heavy (non-hydrogen) atoms. The van der Waals surface area contributed by atoms with Gasteiger partial charge >= 0.3 is 0 Å². The first-order valence-electron chi connectivity index (χ1n) is 12.4. The molecule has 0 spiro atoms. The van der Waals surface area contributed by atoms with E-state index in [-0.39, 0.29) is 22.4 Å². The van der Waals surface area contributed by atoms with E-state index in [9.17, 15) is 13.2 Å². The Kier molecular flexibility index (Phi) is 5.96. The third kappa shape index (κ3) is 4.47. The molecule has 0 bridgehead atoms. The smallest absolute Gasteiger partial charge is 0.246 e. The summed E-state index contributed by atoms with van der Waals surface area (Å²) in [6.07, 6.45) is 5.65. The fraction of sp³-hybridized carbons (Fsp3) is 0.600. The molecule has 2 aliphatic heterocycles. The van der Waals surface area contributed by atoms with Crippen LogP contribution in [0.5, 0.6) is 0 Å². The number of likely N-dealkylation sites (tertiary alicyclic amines) is 1. The van der Waals surface area contributed by atoms with Gasteiger partial charge in [-0.1, -0.05) is 6.58 Å². The van der Waals surface area contributed by atoms with E-state index in [1.54, 1.807) is 11.0 Å². The molecule has 1 unspecified atom stereocenters. The Balaban J connectivity index is 1.59. The summed E-state index contributed by atoms with van der Waals surface area (Å²) in [7, 11) is -1.56. The average Bonchev–Trinajstić information content (AvgIpc) is 3.19. The first-order chi connectivity index (χ1) is 16.5. The normalized spacial score (nSPS) is 26.9. The van der Waals surface area contributed by atoms with Crippen molar-refractivity contribution in [2.45, 2.75) is 68.6 Å². The molecule has 0 radical (unpaired) electrons. The summed E-state index contributed by atoms with van der Waals surface area (Å²) in [5.74, 6) is -0.0878. The lowest BCUT2D eigenvalue weighted by molar-refractivity contribution is -0.125. The lowest BCUT2D eigenvalue weighted by atomic mass is 10.1. The number of carbonyl (C=O) groups is 1. The molecule has 5 rings (SSSR count). The third-order valence-electron chi connectivity index (χ3n) is 8.05. The molecule has 9 nitrogen and oxygen atoms in total. The van der Waals surface area contributed by atoms with E-state index in [1.165, 1.54) is 6.08 Å². The van der Waals surface area contributed by atoms with Crippen LogP contribution < -0.4 is 9.62 Å². The number of hydrogen-bond donors (Lipinski definition) is 1. The third-order valence-corrected chi connectivity index (χ3v) is 9.67. The van der Waals surface area contributed by atoms with Crippen molar-refractivity contribution in [3.8, 4) is 0 Å². The van der Waals surface area contributed by atoms with Gasteiger partial charge in [0.2, 0.25) is 15.9 Å². The van der Waals surface area contributed by atoms with Gasteiger partial charge in [0.1, 0.15) is 0 Å². The van der Waals surface area contributed by atoms with Gasteiger partial charge in [-0.25, -0.2) is 13.1 Å². The molecule has 2 saturated heterocycles. The van der Waals surface area contributed by atoms with E-state index in [1.807, 2.05) is 23.9 Å². The summed E-state index contributed by atoms with van der Waals surface area (Å²) in [5.41, 5.74) is 1.34. The summed E-state index contributed by atoms with van der Waals surface area (Å²) in [6.45, 7) is 12.7. The van der Waals surface area contributed by atoms with Crippen LogP contribution in [0.2, 0.25) is 0 Å². The van der Waals surface area contributed by atoms with E-state index < -0.39 is 10.0 Å². The Morgan fingerprint density at radius 1 is 1.20 bits per heavy atom. The second-order valence-electron chi connectivity index (χ2n) is 10.8. The molecule has 3 atom stereocenters. The van der Waals surface area contributed by atoms with Crippen LogP contribution >= 0.6 is 0 Å². The molecular formula is C25H36N6O3S. The largest absolute Gasteiger partial charge is 0.368 e. The Morgan fingerprint density at radius 3 is 2.51 bits per heavy atom. The van der Waals surface area contributed by atoms with Gasteiger partial charge in [0.25, 0.3) is 0 Å². The molecule has 1 saturated carbocycles. The second kappa shape index (κ2) is 8.60. The number of nitrogens with one attached hydrogen (secondary N) is 1. The van der Waals surface area contributed by atoms with Gasteiger partial charge in [-0.3, -0.25) is 14.4 Å². The first-order valence-corrected chi connectivity index (χ1v) is 13.9. The summed E-state index contributed by atoms with van der Waals surface area (Å²) in [5, 5.41) is 5.66. The number of hydrogen-bond acceptors (Lipinski definition) is 6. The summed E-state index contributed by atoms with van der Waals surface area (Å²) >= 11 is 0. The van der Waals surface area contributed by atoms with Crippen molar-refractivity contribution in [1.29, 1.82) is 0 Å². The van der Waals surface area contributed by atoms with Crippen LogP contribution in [0.4, 0.5) is 5.69 Å². The molecular weight excluding hydrogens is 464 g/mol. The van der Waals surface area contributed by atoms with Gasteiger partial charge in [-0.2, -0.15) is 5.10 Å². The highest BCUT2D eigenvalue weighted by atomic mass is 32.2. The maximum atomic E-state index is 13.5. The van der Waals surface area contributed by atoms with E-state index in [0.29, 0.717) is 25.2 Å². The maximum absolute atomic E-state index is 13.5. The molecule has 1 N–H and O–H groups in total. The van der Waals surface area contributed by atoms with Crippen LogP contribution in [0.3, 0.4) is 0 Å². The number of aromatic nitrogens is 2. The predicted molar refractivity (Wildman–Crippen MR) is 137 cm³/mol. The number of anilines is 1. The van der Waals surface area contributed by atoms with Gasteiger partial charge in [0, 0.05) is 54.9 Å². The average molecular weight is 501 g/mol. The highest BCUT2D eigenvalue weighted by Gasteiger charge is 2.42. The molecule has 2 aromatic rings. The Bertz CT molecular complexity index is 1260. The lowest BCUT2D eigenvalue weighted by Crippen LogP contribution is -2.55. The van der Waals surface area contributed by atoms with Crippen molar-refractivity contribution in [3.63, 3.8) is 0 Å². The molecule has 10 heteroatoms. The van der Waals surface area contributed by atoms with Gasteiger partial charge < -0.3 is 9.80 Å². The number of nitrogens with zero attached hydrogens (tertiary/aromatic N) is 5. The molecule has 3 fully saturated rings. The Labute approximate surface area is 207 Å². The van der Waals surface area contributed by atoms with Crippen molar-refractivity contribution in [2.75, 3.05) is 38.1 Å². The number of fused-ring (bicyclic) bond motifs is 1. The maximum Gasteiger partial charge on any atom is 0.246 e. The van der Waals surface area contributed by atoms with Crippen LogP contribution in [-0.4, -0.2) is 84.8 Å². The Morgan fingerprint density at radius 2 is 1.89 bits per heavy atom. The van der Waals surface area contributed by atoms with Crippen molar-refractivity contribution in [2.24, 2.45) is 0 Å². The fourth-order valence-corrected chi connectivity index (χ4v) is 6.86. The zero-order chi connectivity index (χ0) is 25.1. The Hall–Kier alpha value is -2.43. The van der Waals surface area contributed by atoms with Crippen molar-refractivity contribution in [1.82, 2.24) is 24.3 Å². The van der Waals surface area contributed by atoms with Crippen molar-refractivity contribution >= 4 is 32.5 Å². The highest BCUT2D eigenvalue weighted by Crippen LogP contribution is 2.38. The standard InChI is InChI=1S/C25H36N6O3S/c1-6-24(32)29-10-7-19(16-29)31-23-12-20(35(33,34)27-25(4)8-9-25)11-22(21(23)13-26-31)30-14-17(2)28(5)18(3)15-30/h6,11-13,17-19,27H,1,7-10,14-16H2,2-5H3/t17-,18+,19?. The summed E-state index contributed by atoms with van der Waals surface area (Å²) in [4.78, 5) is 18.8. The molecule has 1 aliphatic carbocycles. The number of likely N-dealkylation sites (N-methyl/N-ethyl adjacent to an activating group) is 1. The van der Waals surface area contributed by atoms with Crippen molar-refractivity contribution in [3.05, 3.63) is 31.0 Å². The fourth-order valence-electron chi connectivity index (χ4n) is 5.35. The molecule has 3 heterocycles. The van der Waals surface area contributed by atoms with Crippen LogP contribution in [0.25, 0.3) is 10.9 Å². The molecule has 190 valence electrons. The number of amides is 1. The number of rotatable bonds is 6. The highest BCUT2D eigenvalue weighted by molar-refractivity contribution is 7.89. The second-order valence-corrected chi connectivity index (χ2v) is 12.5. The van der Waals surface area contributed by atoms with E-state index in [4.69, 9.17) is 5.10 Å². The first kappa shape index (κ1) is 24.3. The van der Waals surface area contributed by atoms with Gasteiger partial charge in [-0.15, -0.1) is 0 Å². The zero-order valence-electron chi connectivity index (χ0n) is 21.1. The van der Waals surface area contributed by atoms with E-state index in [0.717, 1.165) is 48.9 Å². The minimum atomic E-state index is -3.70. The molecule has 1 amide bonds. The summed E-state index contributed by atoms with van der Waals surface area (Å²) < 4.78 is 31.7. The predicted octanol–water partition coefficient (Wildman–Crippen LogP) is 2.36. The quantitative estimate of drug-likeness (QED) is 0.613. The number of benzene rings is 1. The zero-order valence-corrected chi connectivity index (χ0v) is 21.9. The van der Waals surface area contributed by atoms with Gasteiger partial charge in [0.15, 0.2) is 0 Å². The molecule has 3 aliphatic rings. The lowest BCUT2D eigenvalue weighted by Gasteiger charge is -2.43. The van der Waals surface area contributed by atoms with Gasteiger partial charge in [-0.05, 0) is 65.3 Å². The van der Waals surface area contributed by atoms with E-state index >= 15 is 0 Å². The number of piperazine rings is 1. The molecule has 1 aromatic carbocycles.